The molecule has 2 saturated heterocycles. The number of benzene rings is 2. The van der Waals surface area contributed by atoms with Crippen molar-refractivity contribution in [3.63, 3.8) is 0 Å². The number of nitrogens with zero attached hydrogens (tertiary/aromatic N) is 3. The largest absolute Gasteiger partial charge is 0.383 e. The third-order valence-corrected chi connectivity index (χ3v) is 7.64. The van der Waals surface area contributed by atoms with Crippen molar-refractivity contribution in [1.29, 1.82) is 0 Å². The average Bonchev–Trinajstić information content (AvgIpc) is 3.32. The van der Waals surface area contributed by atoms with E-state index >= 15 is 0 Å². The summed E-state index contributed by atoms with van der Waals surface area (Å²) in [4.78, 5) is 31.7. The number of urea groups is 1. The Balaban J connectivity index is 1.46. The first-order chi connectivity index (χ1) is 18.3. The maximum absolute atomic E-state index is 14.8. The molecule has 2 aliphatic rings. The number of methoxy groups -OCH3 is 1. The first kappa shape index (κ1) is 28.4. The molecule has 2 aliphatic heterocycles. The summed E-state index contributed by atoms with van der Waals surface area (Å²) in [6.45, 7) is 5.86. The SMILES string of the molecule is COCC(C)NCc1c(F)cccc1N1CCN(C(=O)C(Cc2ccc(Cl)cc2Cl)N2CCNC2=O)CC1. The van der Waals surface area contributed by atoms with Gasteiger partial charge in [-0.15, -0.1) is 0 Å². The first-order valence-electron chi connectivity index (χ1n) is 12.8. The van der Waals surface area contributed by atoms with E-state index in [0.29, 0.717) is 74.4 Å². The Bertz CT molecular complexity index is 1150. The summed E-state index contributed by atoms with van der Waals surface area (Å²) in [6.07, 6.45) is 0.293. The zero-order chi connectivity index (χ0) is 27.2. The molecule has 4 rings (SSSR count). The molecule has 0 spiro atoms. The van der Waals surface area contributed by atoms with Crippen LogP contribution in [0, 0.1) is 5.82 Å². The van der Waals surface area contributed by atoms with Gasteiger partial charge in [0.25, 0.3) is 0 Å². The van der Waals surface area contributed by atoms with E-state index in [1.54, 1.807) is 41.2 Å². The van der Waals surface area contributed by atoms with E-state index in [9.17, 15) is 14.0 Å². The minimum atomic E-state index is -0.682. The summed E-state index contributed by atoms with van der Waals surface area (Å²) in [6, 6.07) is 9.40. The summed E-state index contributed by atoms with van der Waals surface area (Å²) in [5.41, 5.74) is 2.17. The molecule has 2 heterocycles. The standard InChI is InChI=1S/C27H34Cl2FN5O3/c1-18(17-38-2)32-16-21-23(30)4-3-5-24(21)33-10-12-34(13-11-33)26(36)25(35-9-8-31-27(35)37)14-19-6-7-20(28)15-22(19)29/h3-7,15,18,25,32H,8-14,16-17H2,1-2H3,(H,31,37). The predicted octanol–water partition coefficient (Wildman–Crippen LogP) is 3.54. The molecule has 0 aromatic heterocycles. The molecule has 2 atom stereocenters. The number of carbonyl (C=O) groups is 2. The molecule has 2 aromatic rings. The third-order valence-electron chi connectivity index (χ3n) is 7.05. The predicted molar refractivity (Wildman–Crippen MR) is 147 cm³/mol. The summed E-state index contributed by atoms with van der Waals surface area (Å²) >= 11 is 12.5. The molecular formula is C27H34Cl2FN5O3. The molecule has 0 aliphatic carbocycles. The van der Waals surface area contributed by atoms with Gasteiger partial charge in [0.1, 0.15) is 11.9 Å². The maximum Gasteiger partial charge on any atom is 0.318 e. The van der Waals surface area contributed by atoms with Gasteiger partial charge >= 0.3 is 6.03 Å². The van der Waals surface area contributed by atoms with Gasteiger partial charge in [-0.3, -0.25) is 4.79 Å². The van der Waals surface area contributed by atoms with Gasteiger partial charge in [-0.2, -0.15) is 0 Å². The first-order valence-corrected chi connectivity index (χ1v) is 13.6. The Morgan fingerprint density at radius 3 is 2.58 bits per heavy atom. The highest BCUT2D eigenvalue weighted by Crippen LogP contribution is 2.27. The highest BCUT2D eigenvalue weighted by atomic mass is 35.5. The van der Waals surface area contributed by atoms with Crippen molar-refractivity contribution in [2.75, 3.05) is 57.9 Å². The van der Waals surface area contributed by atoms with Gasteiger partial charge in [-0.25, -0.2) is 9.18 Å². The maximum atomic E-state index is 14.8. The van der Waals surface area contributed by atoms with Crippen LogP contribution in [0.3, 0.4) is 0 Å². The number of amides is 3. The smallest absolute Gasteiger partial charge is 0.318 e. The second-order valence-corrected chi connectivity index (χ2v) is 10.5. The Labute approximate surface area is 233 Å². The summed E-state index contributed by atoms with van der Waals surface area (Å²) < 4.78 is 20.0. The van der Waals surface area contributed by atoms with E-state index in [1.165, 1.54) is 6.07 Å². The van der Waals surface area contributed by atoms with Gasteiger partial charge in [-0.05, 0) is 36.8 Å². The van der Waals surface area contributed by atoms with Crippen LogP contribution < -0.4 is 15.5 Å². The fourth-order valence-corrected chi connectivity index (χ4v) is 5.48. The van der Waals surface area contributed by atoms with Crippen LogP contribution in [0.15, 0.2) is 36.4 Å². The van der Waals surface area contributed by atoms with Crippen molar-refractivity contribution in [3.05, 3.63) is 63.4 Å². The van der Waals surface area contributed by atoms with Gasteiger partial charge in [-0.1, -0.05) is 35.3 Å². The van der Waals surface area contributed by atoms with Crippen molar-refractivity contribution < 1.29 is 18.7 Å². The van der Waals surface area contributed by atoms with Gasteiger partial charge in [0.2, 0.25) is 5.91 Å². The van der Waals surface area contributed by atoms with Crippen molar-refractivity contribution >= 4 is 40.8 Å². The lowest BCUT2D eigenvalue weighted by atomic mass is 10.0. The van der Waals surface area contributed by atoms with Crippen LogP contribution in [0.4, 0.5) is 14.9 Å². The minimum absolute atomic E-state index is 0.0794. The number of nitrogens with one attached hydrogen (secondary N) is 2. The van der Waals surface area contributed by atoms with Crippen molar-refractivity contribution in [2.45, 2.75) is 32.0 Å². The second-order valence-electron chi connectivity index (χ2n) is 9.67. The third kappa shape index (κ3) is 6.69. The molecule has 0 bridgehead atoms. The Morgan fingerprint density at radius 2 is 1.92 bits per heavy atom. The summed E-state index contributed by atoms with van der Waals surface area (Å²) in [7, 11) is 1.64. The number of rotatable bonds is 10. The molecule has 2 aromatic carbocycles. The minimum Gasteiger partial charge on any atom is -0.383 e. The van der Waals surface area contributed by atoms with Crippen molar-refractivity contribution in [2.24, 2.45) is 0 Å². The topological polar surface area (TPSA) is 77.2 Å². The van der Waals surface area contributed by atoms with Gasteiger partial charge in [0, 0.05) is 86.7 Å². The normalized spacial score (nSPS) is 17.5. The number of anilines is 1. The summed E-state index contributed by atoms with van der Waals surface area (Å²) in [5, 5.41) is 7.08. The molecule has 206 valence electrons. The van der Waals surface area contributed by atoms with Gasteiger partial charge in [0.15, 0.2) is 0 Å². The lowest BCUT2D eigenvalue weighted by Gasteiger charge is -2.39. The van der Waals surface area contributed by atoms with Crippen LogP contribution in [0.5, 0.6) is 0 Å². The quantitative estimate of drug-likeness (QED) is 0.460. The highest BCUT2D eigenvalue weighted by molar-refractivity contribution is 6.35. The Kier molecular flexibility index (Phi) is 9.70. The zero-order valence-corrected chi connectivity index (χ0v) is 23.2. The lowest BCUT2D eigenvalue weighted by Crippen LogP contribution is -2.56. The average molecular weight is 567 g/mol. The molecule has 0 saturated carbocycles. The number of carbonyl (C=O) groups excluding carboxylic acids is 2. The van der Waals surface area contributed by atoms with Crippen LogP contribution in [0.1, 0.15) is 18.1 Å². The van der Waals surface area contributed by atoms with Crippen LogP contribution in [-0.2, 0) is 22.5 Å². The molecule has 0 radical (unpaired) electrons. The molecular weight excluding hydrogens is 532 g/mol. The Hall–Kier alpha value is -2.59. The number of hydrogen-bond donors (Lipinski definition) is 2. The number of halogens is 3. The van der Waals surface area contributed by atoms with E-state index in [2.05, 4.69) is 15.5 Å². The van der Waals surface area contributed by atoms with E-state index in [4.69, 9.17) is 27.9 Å². The molecule has 11 heteroatoms. The number of piperazine rings is 1. The van der Waals surface area contributed by atoms with Crippen molar-refractivity contribution in [3.8, 4) is 0 Å². The van der Waals surface area contributed by atoms with Gasteiger partial charge in [0.05, 0.1) is 6.61 Å². The summed E-state index contributed by atoms with van der Waals surface area (Å²) in [5.74, 6) is -0.389. The van der Waals surface area contributed by atoms with E-state index in [1.807, 2.05) is 13.0 Å². The molecule has 2 unspecified atom stereocenters. The fourth-order valence-electron chi connectivity index (χ4n) is 4.99. The lowest BCUT2D eigenvalue weighted by molar-refractivity contribution is -0.136. The van der Waals surface area contributed by atoms with E-state index in [-0.39, 0.29) is 23.8 Å². The Morgan fingerprint density at radius 1 is 1.16 bits per heavy atom. The number of hydrogen-bond acceptors (Lipinski definition) is 5. The van der Waals surface area contributed by atoms with Crippen molar-refractivity contribution in [1.82, 2.24) is 20.4 Å². The number of ether oxygens (including phenoxy) is 1. The molecule has 3 amide bonds. The van der Waals surface area contributed by atoms with E-state index < -0.39 is 6.04 Å². The fraction of sp³-hybridized carbons (Fsp3) is 0.481. The van der Waals surface area contributed by atoms with Crippen LogP contribution in [-0.4, -0.2) is 86.8 Å². The molecule has 8 nitrogen and oxygen atoms in total. The monoisotopic (exact) mass is 565 g/mol. The van der Waals surface area contributed by atoms with Crippen LogP contribution in [0.25, 0.3) is 0 Å². The molecule has 38 heavy (non-hydrogen) atoms. The van der Waals surface area contributed by atoms with Crippen LogP contribution >= 0.6 is 23.2 Å². The molecule has 2 N–H and O–H groups in total. The van der Waals surface area contributed by atoms with Gasteiger partial charge < -0.3 is 30.1 Å². The highest BCUT2D eigenvalue weighted by Gasteiger charge is 2.37. The van der Waals surface area contributed by atoms with Crippen LogP contribution in [0.2, 0.25) is 10.0 Å². The second kappa shape index (κ2) is 13.0. The van der Waals surface area contributed by atoms with E-state index in [0.717, 1.165) is 11.3 Å². The molecule has 2 fully saturated rings. The zero-order valence-electron chi connectivity index (χ0n) is 21.7.